The fraction of sp³-hybridized carbons (Fsp3) is 0.188. The molecular weight excluding hydrogens is 369 g/mol. The number of ether oxygens (including phenoxy) is 1. The Balaban J connectivity index is 1.94. The van der Waals surface area contributed by atoms with Crippen LogP contribution in [0.2, 0.25) is 10.0 Å². The fourth-order valence-corrected chi connectivity index (χ4v) is 2.32. The topological polar surface area (TPSA) is 101 Å². The molecular formula is C16H15Cl2N3O4. The van der Waals surface area contributed by atoms with Gasteiger partial charge in [-0.2, -0.15) is 0 Å². The van der Waals surface area contributed by atoms with Crippen molar-refractivity contribution in [2.45, 2.75) is 0 Å². The Morgan fingerprint density at radius 3 is 2.72 bits per heavy atom. The number of para-hydroxylation sites is 1. The average Bonchev–Trinajstić information content (AvgIpc) is 2.60. The maximum Gasteiger partial charge on any atom is 0.340 e. The minimum absolute atomic E-state index is 0.0827. The first-order chi connectivity index (χ1) is 12.0. The van der Waals surface area contributed by atoms with E-state index in [4.69, 9.17) is 33.0 Å². The molecule has 1 aromatic carbocycles. The standard InChI is InChI=1S/C16H15Cl2N3O4/c17-10-7-12(18)15(20-8-10)21-14(23)9-25-16(24)11-3-1-2-4-13(11)19-5-6-22/h1-4,7-8,19,22H,5-6,9H2,(H,20,21,23). The number of anilines is 2. The molecule has 0 fully saturated rings. The van der Waals surface area contributed by atoms with Gasteiger partial charge in [0, 0.05) is 18.4 Å². The average molecular weight is 384 g/mol. The van der Waals surface area contributed by atoms with E-state index in [1.165, 1.54) is 12.3 Å². The number of benzene rings is 1. The van der Waals surface area contributed by atoms with Gasteiger partial charge in [0.05, 0.1) is 22.2 Å². The van der Waals surface area contributed by atoms with Crippen molar-refractivity contribution in [3.8, 4) is 0 Å². The van der Waals surface area contributed by atoms with Crippen molar-refractivity contribution in [3.63, 3.8) is 0 Å². The molecule has 9 heteroatoms. The number of rotatable bonds is 7. The summed E-state index contributed by atoms with van der Waals surface area (Å²) >= 11 is 11.6. The van der Waals surface area contributed by atoms with Gasteiger partial charge in [0.2, 0.25) is 0 Å². The highest BCUT2D eigenvalue weighted by Gasteiger charge is 2.15. The van der Waals surface area contributed by atoms with Gasteiger partial charge in [-0.05, 0) is 18.2 Å². The number of hydrogen-bond acceptors (Lipinski definition) is 6. The van der Waals surface area contributed by atoms with Crippen LogP contribution < -0.4 is 10.6 Å². The Bertz CT molecular complexity index is 771. The summed E-state index contributed by atoms with van der Waals surface area (Å²) in [4.78, 5) is 27.9. The number of nitrogens with one attached hydrogen (secondary N) is 2. The van der Waals surface area contributed by atoms with Crippen LogP contribution in [0.15, 0.2) is 36.5 Å². The molecule has 132 valence electrons. The monoisotopic (exact) mass is 383 g/mol. The second kappa shape index (κ2) is 9.22. The summed E-state index contributed by atoms with van der Waals surface area (Å²) in [6.45, 7) is -0.306. The van der Waals surface area contributed by atoms with Crippen LogP contribution >= 0.6 is 23.2 Å². The van der Waals surface area contributed by atoms with E-state index < -0.39 is 18.5 Å². The van der Waals surface area contributed by atoms with Crippen LogP contribution in [0, 0.1) is 0 Å². The maximum atomic E-state index is 12.1. The number of carbonyl (C=O) groups excluding carboxylic acids is 2. The van der Waals surface area contributed by atoms with Crippen molar-refractivity contribution < 1.29 is 19.4 Å². The molecule has 0 spiro atoms. The third kappa shape index (κ3) is 5.60. The third-order valence-electron chi connectivity index (χ3n) is 2.97. The molecule has 3 N–H and O–H groups in total. The predicted octanol–water partition coefficient (Wildman–Crippen LogP) is 2.59. The van der Waals surface area contributed by atoms with Gasteiger partial charge in [-0.3, -0.25) is 4.79 Å². The maximum absolute atomic E-state index is 12.1. The number of halogens is 2. The predicted molar refractivity (Wildman–Crippen MR) is 95.2 cm³/mol. The SMILES string of the molecule is O=C(COC(=O)c1ccccc1NCCO)Nc1ncc(Cl)cc1Cl. The molecule has 0 aliphatic rings. The van der Waals surface area contributed by atoms with Gasteiger partial charge in [0.25, 0.3) is 5.91 Å². The number of pyridine rings is 1. The van der Waals surface area contributed by atoms with Crippen molar-refractivity contribution in [3.05, 3.63) is 52.1 Å². The van der Waals surface area contributed by atoms with Crippen LogP contribution in [0.3, 0.4) is 0 Å². The van der Waals surface area contributed by atoms with Gasteiger partial charge < -0.3 is 20.5 Å². The molecule has 7 nitrogen and oxygen atoms in total. The van der Waals surface area contributed by atoms with Gasteiger partial charge >= 0.3 is 5.97 Å². The Labute approximate surface area is 153 Å². The molecule has 0 aliphatic heterocycles. The largest absolute Gasteiger partial charge is 0.452 e. The van der Waals surface area contributed by atoms with E-state index in [0.29, 0.717) is 10.7 Å². The minimum atomic E-state index is -0.675. The summed E-state index contributed by atoms with van der Waals surface area (Å²) in [7, 11) is 0. The Morgan fingerprint density at radius 1 is 1.24 bits per heavy atom. The van der Waals surface area contributed by atoms with Crippen LogP contribution in [-0.2, 0) is 9.53 Å². The van der Waals surface area contributed by atoms with Gasteiger partial charge in [0.15, 0.2) is 12.4 Å². The molecule has 0 atom stereocenters. The number of aliphatic hydroxyl groups is 1. The molecule has 0 aliphatic carbocycles. The highest BCUT2D eigenvalue weighted by atomic mass is 35.5. The zero-order valence-corrected chi connectivity index (χ0v) is 14.5. The van der Waals surface area contributed by atoms with Crippen LogP contribution in [0.4, 0.5) is 11.5 Å². The molecule has 2 rings (SSSR count). The molecule has 1 amide bonds. The van der Waals surface area contributed by atoms with Crippen molar-refractivity contribution in [1.82, 2.24) is 4.98 Å². The van der Waals surface area contributed by atoms with E-state index in [-0.39, 0.29) is 29.6 Å². The lowest BCUT2D eigenvalue weighted by Gasteiger charge is -2.11. The number of esters is 1. The number of aromatic nitrogens is 1. The summed E-state index contributed by atoms with van der Waals surface area (Å²) in [6.07, 6.45) is 1.33. The first kappa shape index (κ1) is 19.0. The van der Waals surface area contributed by atoms with E-state index in [9.17, 15) is 9.59 Å². The normalized spacial score (nSPS) is 10.2. The van der Waals surface area contributed by atoms with Gasteiger partial charge in [0.1, 0.15) is 0 Å². The third-order valence-corrected chi connectivity index (χ3v) is 3.47. The first-order valence-corrected chi connectivity index (χ1v) is 7.98. The van der Waals surface area contributed by atoms with Crippen molar-refractivity contribution >= 4 is 46.6 Å². The van der Waals surface area contributed by atoms with Crippen LogP contribution in [-0.4, -0.2) is 41.7 Å². The van der Waals surface area contributed by atoms with E-state index >= 15 is 0 Å². The number of amides is 1. The zero-order chi connectivity index (χ0) is 18.2. The summed E-state index contributed by atoms with van der Waals surface area (Å²) in [5.41, 5.74) is 0.760. The van der Waals surface area contributed by atoms with E-state index in [1.54, 1.807) is 24.3 Å². The highest BCUT2D eigenvalue weighted by molar-refractivity contribution is 6.36. The lowest BCUT2D eigenvalue weighted by Crippen LogP contribution is -2.22. The van der Waals surface area contributed by atoms with Crippen LogP contribution in [0.1, 0.15) is 10.4 Å². The Kier molecular flexibility index (Phi) is 7.00. The summed E-state index contributed by atoms with van der Waals surface area (Å²) in [6, 6.07) is 8.05. The molecule has 2 aromatic rings. The van der Waals surface area contributed by atoms with Gasteiger partial charge in [-0.25, -0.2) is 9.78 Å². The fourth-order valence-electron chi connectivity index (χ4n) is 1.89. The smallest absolute Gasteiger partial charge is 0.340 e. The molecule has 0 unspecified atom stereocenters. The number of aliphatic hydroxyl groups excluding tert-OH is 1. The van der Waals surface area contributed by atoms with Crippen LogP contribution in [0.25, 0.3) is 0 Å². The quantitative estimate of drug-likeness (QED) is 0.635. The molecule has 0 saturated heterocycles. The molecule has 0 saturated carbocycles. The second-order valence-electron chi connectivity index (χ2n) is 4.80. The summed E-state index contributed by atoms with van der Waals surface area (Å²) in [5, 5.41) is 14.7. The van der Waals surface area contributed by atoms with E-state index in [0.717, 1.165) is 0 Å². The highest BCUT2D eigenvalue weighted by Crippen LogP contribution is 2.22. The molecule has 25 heavy (non-hydrogen) atoms. The molecule has 1 aromatic heterocycles. The van der Waals surface area contributed by atoms with E-state index in [1.807, 2.05) is 0 Å². The van der Waals surface area contributed by atoms with E-state index in [2.05, 4.69) is 15.6 Å². The van der Waals surface area contributed by atoms with Gasteiger partial charge in [-0.15, -0.1) is 0 Å². The summed E-state index contributed by atoms with van der Waals surface area (Å²) < 4.78 is 5.00. The first-order valence-electron chi connectivity index (χ1n) is 7.23. The lowest BCUT2D eigenvalue weighted by atomic mass is 10.2. The molecule has 1 heterocycles. The minimum Gasteiger partial charge on any atom is -0.452 e. The summed E-state index contributed by atoms with van der Waals surface area (Å²) in [5.74, 6) is -1.14. The van der Waals surface area contributed by atoms with Crippen molar-refractivity contribution in [1.29, 1.82) is 0 Å². The number of hydrogen-bond donors (Lipinski definition) is 3. The van der Waals surface area contributed by atoms with Crippen LogP contribution in [0.5, 0.6) is 0 Å². The molecule has 0 bridgehead atoms. The zero-order valence-electron chi connectivity index (χ0n) is 13.0. The van der Waals surface area contributed by atoms with Crippen molar-refractivity contribution in [2.75, 3.05) is 30.4 Å². The Hall–Kier alpha value is -2.35. The lowest BCUT2D eigenvalue weighted by molar-refractivity contribution is -0.119. The van der Waals surface area contributed by atoms with Gasteiger partial charge in [-0.1, -0.05) is 35.3 Å². The van der Waals surface area contributed by atoms with Crippen molar-refractivity contribution in [2.24, 2.45) is 0 Å². The number of carbonyl (C=O) groups is 2. The number of nitrogens with zero attached hydrogens (tertiary/aromatic N) is 1. The Morgan fingerprint density at radius 2 is 2.00 bits per heavy atom. The second-order valence-corrected chi connectivity index (χ2v) is 5.65. The molecule has 0 radical (unpaired) electrons.